The molecule has 1 aliphatic heterocycles. The number of aryl methyl sites for hydroxylation is 2. The van der Waals surface area contributed by atoms with Gasteiger partial charge in [0.05, 0.1) is 12.2 Å². The molecule has 1 fully saturated rings. The highest BCUT2D eigenvalue weighted by Gasteiger charge is 2.17. The third-order valence-electron chi connectivity index (χ3n) is 3.81. The van der Waals surface area contributed by atoms with Gasteiger partial charge in [0.25, 0.3) is 0 Å². The lowest BCUT2D eigenvalue weighted by molar-refractivity contribution is -0.124. The van der Waals surface area contributed by atoms with Gasteiger partial charge in [-0.2, -0.15) is 0 Å². The lowest BCUT2D eigenvalue weighted by atomic mass is 10.1. The predicted octanol–water partition coefficient (Wildman–Crippen LogP) is 2.44. The Hall–Kier alpha value is -1.92. The van der Waals surface area contributed by atoms with E-state index in [0.29, 0.717) is 6.54 Å². The monoisotopic (exact) mass is 316 g/mol. The van der Waals surface area contributed by atoms with Crippen LogP contribution in [0.25, 0.3) is 0 Å². The first-order valence-electron chi connectivity index (χ1n) is 7.38. The molecule has 116 valence electrons. The molecule has 2 heterocycles. The smallest absolute Gasteiger partial charge is 0.234 e. The lowest BCUT2D eigenvalue weighted by Gasteiger charge is -2.25. The van der Waals surface area contributed by atoms with Crippen LogP contribution in [0.1, 0.15) is 16.8 Å². The van der Waals surface area contributed by atoms with Crippen LogP contribution in [0.2, 0.25) is 0 Å². The minimum Gasteiger partial charge on any atom is -0.354 e. The summed E-state index contributed by atoms with van der Waals surface area (Å²) in [5.41, 5.74) is 4.61. The number of hydrogen-bond acceptors (Lipinski definition) is 5. The fourth-order valence-corrected chi connectivity index (χ4v) is 3.16. The fraction of sp³-hybridized carbons (Fsp3) is 0.375. The average molecular weight is 316 g/mol. The van der Waals surface area contributed by atoms with E-state index >= 15 is 0 Å². The predicted molar refractivity (Wildman–Crippen MR) is 89.6 cm³/mol. The molecule has 0 bridgehead atoms. The maximum atomic E-state index is 11.4. The first-order chi connectivity index (χ1) is 10.6. The molecule has 0 saturated carbocycles. The summed E-state index contributed by atoms with van der Waals surface area (Å²) in [4.78, 5) is 18.1. The summed E-state index contributed by atoms with van der Waals surface area (Å²) in [5, 5.41) is 9.12. The van der Waals surface area contributed by atoms with Crippen LogP contribution in [0.3, 0.4) is 0 Å². The molecular formula is C16H20N4OS. The van der Waals surface area contributed by atoms with Crippen molar-refractivity contribution < 1.29 is 4.79 Å². The van der Waals surface area contributed by atoms with Gasteiger partial charge < -0.3 is 10.6 Å². The SMILES string of the molecule is Cc1ccc(Nc2nc(CN3CCNC(=O)C3)cs2)cc1C. The second-order valence-electron chi connectivity index (χ2n) is 5.63. The molecule has 3 rings (SSSR count). The van der Waals surface area contributed by atoms with E-state index in [4.69, 9.17) is 0 Å². The minimum atomic E-state index is 0.0926. The summed E-state index contributed by atoms with van der Waals surface area (Å²) >= 11 is 1.59. The standard InChI is InChI=1S/C16H20N4OS/c1-11-3-4-13(7-12(11)2)18-16-19-14(10-22-16)8-20-6-5-17-15(21)9-20/h3-4,7,10H,5-6,8-9H2,1-2H3,(H,17,21)(H,18,19). The Labute approximate surface area is 134 Å². The third-order valence-corrected chi connectivity index (χ3v) is 4.62. The molecule has 0 spiro atoms. The van der Waals surface area contributed by atoms with Crippen LogP contribution in [-0.4, -0.2) is 35.4 Å². The zero-order chi connectivity index (χ0) is 15.5. The van der Waals surface area contributed by atoms with Gasteiger partial charge in [-0.05, 0) is 37.1 Å². The number of rotatable bonds is 4. The number of carbonyl (C=O) groups excluding carboxylic acids is 1. The van der Waals surface area contributed by atoms with Crippen LogP contribution in [0.5, 0.6) is 0 Å². The first-order valence-corrected chi connectivity index (χ1v) is 8.26. The molecule has 5 nitrogen and oxygen atoms in total. The number of aromatic nitrogens is 1. The molecule has 0 radical (unpaired) electrons. The summed E-state index contributed by atoms with van der Waals surface area (Å²) in [6.07, 6.45) is 0. The Bertz CT molecular complexity index is 683. The number of carbonyl (C=O) groups is 1. The molecule has 0 atom stereocenters. The highest BCUT2D eigenvalue weighted by atomic mass is 32.1. The summed E-state index contributed by atoms with van der Waals surface area (Å²) in [6.45, 7) is 6.99. The summed E-state index contributed by atoms with van der Waals surface area (Å²) in [6, 6.07) is 6.31. The molecular weight excluding hydrogens is 296 g/mol. The van der Waals surface area contributed by atoms with E-state index in [1.54, 1.807) is 11.3 Å². The number of hydrogen-bond donors (Lipinski definition) is 2. The fourth-order valence-electron chi connectivity index (χ4n) is 2.44. The molecule has 22 heavy (non-hydrogen) atoms. The topological polar surface area (TPSA) is 57.3 Å². The maximum absolute atomic E-state index is 11.4. The normalized spacial score (nSPS) is 15.6. The number of amides is 1. The van der Waals surface area contributed by atoms with E-state index in [0.717, 1.165) is 36.1 Å². The Morgan fingerprint density at radius 1 is 1.36 bits per heavy atom. The number of nitrogens with zero attached hydrogens (tertiary/aromatic N) is 2. The molecule has 0 aliphatic carbocycles. The zero-order valence-corrected chi connectivity index (χ0v) is 13.7. The van der Waals surface area contributed by atoms with E-state index in [1.165, 1.54) is 11.1 Å². The van der Waals surface area contributed by atoms with Crippen LogP contribution in [0, 0.1) is 13.8 Å². The summed E-state index contributed by atoms with van der Waals surface area (Å²) < 4.78 is 0. The third kappa shape index (κ3) is 3.64. The van der Waals surface area contributed by atoms with Gasteiger partial charge in [-0.1, -0.05) is 6.07 Å². The van der Waals surface area contributed by atoms with Crippen molar-refractivity contribution in [1.29, 1.82) is 0 Å². The van der Waals surface area contributed by atoms with Gasteiger partial charge in [0.1, 0.15) is 0 Å². The van der Waals surface area contributed by atoms with Crippen molar-refractivity contribution >= 4 is 28.1 Å². The minimum absolute atomic E-state index is 0.0926. The van der Waals surface area contributed by atoms with E-state index in [2.05, 4.69) is 57.9 Å². The first kappa shape index (κ1) is 15.0. The Morgan fingerprint density at radius 2 is 2.23 bits per heavy atom. The van der Waals surface area contributed by atoms with Gasteiger partial charge in [0, 0.05) is 30.7 Å². The second-order valence-corrected chi connectivity index (χ2v) is 6.49. The zero-order valence-electron chi connectivity index (χ0n) is 12.8. The van der Waals surface area contributed by atoms with Crippen LogP contribution in [0.4, 0.5) is 10.8 Å². The molecule has 1 amide bonds. The van der Waals surface area contributed by atoms with E-state index in [1.807, 2.05) is 0 Å². The van der Waals surface area contributed by atoms with Gasteiger partial charge in [-0.3, -0.25) is 9.69 Å². The van der Waals surface area contributed by atoms with Crippen molar-refractivity contribution in [2.24, 2.45) is 0 Å². The lowest BCUT2D eigenvalue weighted by Crippen LogP contribution is -2.47. The number of anilines is 2. The van der Waals surface area contributed by atoms with Crippen molar-refractivity contribution in [2.75, 3.05) is 25.0 Å². The van der Waals surface area contributed by atoms with Gasteiger partial charge in [0.2, 0.25) is 5.91 Å². The van der Waals surface area contributed by atoms with Gasteiger partial charge >= 0.3 is 0 Å². The van der Waals surface area contributed by atoms with Crippen LogP contribution in [0.15, 0.2) is 23.6 Å². The van der Waals surface area contributed by atoms with E-state index < -0.39 is 0 Å². The number of nitrogens with one attached hydrogen (secondary N) is 2. The number of benzene rings is 1. The Morgan fingerprint density at radius 3 is 3.00 bits per heavy atom. The molecule has 6 heteroatoms. The number of piperazine rings is 1. The van der Waals surface area contributed by atoms with Gasteiger partial charge in [-0.25, -0.2) is 4.98 Å². The molecule has 1 aromatic carbocycles. The van der Waals surface area contributed by atoms with Crippen molar-refractivity contribution in [1.82, 2.24) is 15.2 Å². The average Bonchev–Trinajstić information content (AvgIpc) is 2.90. The van der Waals surface area contributed by atoms with E-state index in [-0.39, 0.29) is 5.91 Å². The highest BCUT2D eigenvalue weighted by molar-refractivity contribution is 7.13. The molecule has 1 saturated heterocycles. The van der Waals surface area contributed by atoms with E-state index in [9.17, 15) is 4.79 Å². The second kappa shape index (κ2) is 6.46. The molecule has 2 aromatic rings. The number of thiazole rings is 1. The highest BCUT2D eigenvalue weighted by Crippen LogP contribution is 2.23. The van der Waals surface area contributed by atoms with Crippen LogP contribution in [-0.2, 0) is 11.3 Å². The van der Waals surface area contributed by atoms with Crippen molar-refractivity contribution in [3.63, 3.8) is 0 Å². The van der Waals surface area contributed by atoms with Crippen LogP contribution < -0.4 is 10.6 Å². The maximum Gasteiger partial charge on any atom is 0.234 e. The van der Waals surface area contributed by atoms with Gasteiger partial charge in [0.15, 0.2) is 5.13 Å². The molecule has 0 unspecified atom stereocenters. The molecule has 2 N–H and O–H groups in total. The van der Waals surface area contributed by atoms with Crippen molar-refractivity contribution in [3.8, 4) is 0 Å². The summed E-state index contributed by atoms with van der Waals surface area (Å²) in [5.74, 6) is 0.0926. The largest absolute Gasteiger partial charge is 0.354 e. The Kier molecular flexibility index (Phi) is 4.40. The van der Waals surface area contributed by atoms with Crippen molar-refractivity contribution in [2.45, 2.75) is 20.4 Å². The quantitative estimate of drug-likeness (QED) is 0.909. The van der Waals surface area contributed by atoms with Crippen LogP contribution >= 0.6 is 11.3 Å². The summed E-state index contributed by atoms with van der Waals surface area (Å²) in [7, 11) is 0. The Balaban J connectivity index is 1.63. The van der Waals surface area contributed by atoms with Gasteiger partial charge in [-0.15, -0.1) is 11.3 Å². The van der Waals surface area contributed by atoms with Crippen molar-refractivity contribution in [3.05, 3.63) is 40.4 Å². The molecule has 1 aromatic heterocycles. The molecule has 1 aliphatic rings.